The summed E-state index contributed by atoms with van der Waals surface area (Å²) in [6, 6.07) is 2.14. The van der Waals surface area contributed by atoms with Gasteiger partial charge in [-0.15, -0.1) is 0 Å². The first-order valence-corrected chi connectivity index (χ1v) is 9.13. The molecule has 1 aliphatic carbocycles. The first-order valence-electron chi connectivity index (χ1n) is 9.13. The van der Waals surface area contributed by atoms with Gasteiger partial charge in [-0.05, 0) is 49.3 Å². The van der Waals surface area contributed by atoms with Gasteiger partial charge >= 0.3 is 5.95 Å². The second-order valence-corrected chi connectivity index (χ2v) is 6.42. The third kappa shape index (κ3) is 3.79. The van der Waals surface area contributed by atoms with Gasteiger partial charge in [-0.1, -0.05) is 19.6 Å². The number of aromatic nitrogens is 2. The highest BCUT2D eigenvalue weighted by molar-refractivity contribution is 5.80. The van der Waals surface area contributed by atoms with Crippen LogP contribution in [-0.2, 0) is 14.3 Å². The van der Waals surface area contributed by atoms with E-state index in [-0.39, 0.29) is 17.7 Å². The Morgan fingerprint density at radius 1 is 1.42 bits per heavy atom. The van der Waals surface area contributed by atoms with Gasteiger partial charge in [-0.3, -0.25) is 9.48 Å². The Hall–Kier alpha value is -2.63. The number of ether oxygens (including phenoxy) is 2. The van der Waals surface area contributed by atoms with E-state index in [0.29, 0.717) is 19.5 Å². The number of aliphatic imine (C=N–C) groups is 1. The molecule has 0 radical (unpaired) electrons. The zero-order valence-corrected chi connectivity index (χ0v) is 15.2. The monoisotopic (exact) mass is 355 g/mol. The maximum Gasteiger partial charge on any atom is 0.310 e. The van der Waals surface area contributed by atoms with Gasteiger partial charge < -0.3 is 9.47 Å². The van der Waals surface area contributed by atoms with Gasteiger partial charge in [0.15, 0.2) is 12.0 Å². The predicted molar refractivity (Wildman–Crippen MR) is 101 cm³/mol. The van der Waals surface area contributed by atoms with Gasteiger partial charge in [0.2, 0.25) is 0 Å². The van der Waals surface area contributed by atoms with E-state index in [0.717, 1.165) is 31.4 Å². The highest BCUT2D eigenvalue weighted by atomic mass is 16.7. The number of hydrogen-bond acceptors (Lipinski definition) is 5. The standard InChI is InChI=1S/C20H25N3O3/c1-3-10-21-18(12-24)20-25-13-15-7-5-6-8-17(15)19-9-11-22-23(19)16(4-2)14-26-20/h3,9-12,16H,1,4-8,13-14H2,2H3/b20-18-,21-10-. The molecule has 26 heavy (non-hydrogen) atoms. The average Bonchev–Trinajstić information content (AvgIpc) is 3.16. The molecule has 3 rings (SSSR count). The van der Waals surface area contributed by atoms with Crippen molar-refractivity contribution >= 4 is 18.1 Å². The van der Waals surface area contributed by atoms with E-state index in [1.165, 1.54) is 29.9 Å². The van der Waals surface area contributed by atoms with E-state index in [2.05, 4.69) is 34.3 Å². The van der Waals surface area contributed by atoms with E-state index >= 15 is 0 Å². The van der Waals surface area contributed by atoms with E-state index < -0.39 is 0 Å². The summed E-state index contributed by atoms with van der Waals surface area (Å²) in [7, 11) is 0. The highest BCUT2D eigenvalue weighted by Crippen LogP contribution is 2.35. The van der Waals surface area contributed by atoms with Crippen LogP contribution in [0.15, 0.2) is 47.1 Å². The van der Waals surface area contributed by atoms with Crippen molar-refractivity contribution in [2.45, 2.75) is 45.1 Å². The summed E-state index contributed by atoms with van der Waals surface area (Å²) in [6.45, 7) is 6.44. The molecular formula is C20H25N3O3. The third-order valence-electron chi connectivity index (χ3n) is 4.80. The Labute approximate surface area is 153 Å². The molecule has 0 bridgehead atoms. The predicted octanol–water partition coefficient (Wildman–Crippen LogP) is 3.83. The molecule has 6 nitrogen and oxygen atoms in total. The number of hydrogen-bond donors (Lipinski definition) is 0. The maximum atomic E-state index is 11.5. The van der Waals surface area contributed by atoms with Gasteiger partial charge in [0, 0.05) is 12.4 Å². The molecule has 0 amide bonds. The summed E-state index contributed by atoms with van der Waals surface area (Å²) in [5.74, 6) is 0.171. The minimum absolute atomic E-state index is 0.0589. The van der Waals surface area contributed by atoms with Crippen LogP contribution in [0.1, 0.15) is 50.8 Å². The molecule has 0 spiro atoms. The van der Waals surface area contributed by atoms with Crippen LogP contribution in [0.25, 0.3) is 5.57 Å². The normalized spacial score (nSPS) is 22.7. The molecule has 1 aliphatic heterocycles. The fraction of sp³-hybridized carbons (Fsp3) is 0.450. The molecule has 1 aromatic rings. The summed E-state index contributed by atoms with van der Waals surface area (Å²) >= 11 is 0. The van der Waals surface area contributed by atoms with Crippen molar-refractivity contribution in [3.63, 3.8) is 0 Å². The lowest BCUT2D eigenvalue weighted by molar-refractivity contribution is -0.105. The molecule has 0 N–H and O–H groups in total. The molecule has 2 heterocycles. The van der Waals surface area contributed by atoms with Crippen molar-refractivity contribution in [3.8, 4) is 0 Å². The van der Waals surface area contributed by atoms with Crippen molar-refractivity contribution < 1.29 is 14.3 Å². The molecule has 0 aromatic carbocycles. The van der Waals surface area contributed by atoms with E-state index in [9.17, 15) is 4.79 Å². The van der Waals surface area contributed by atoms with Gasteiger partial charge in [0.25, 0.3) is 0 Å². The van der Waals surface area contributed by atoms with Crippen molar-refractivity contribution in [1.29, 1.82) is 0 Å². The summed E-state index contributed by atoms with van der Waals surface area (Å²) in [4.78, 5) is 15.5. The van der Waals surface area contributed by atoms with Crippen molar-refractivity contribution in [1.82, 2.24) is 9.78 Å². The number of nitrogens with zero attached hydrogens (tertiary/aromatic N) is 3. The maximum absolute atomic E-state index is 11.5. The largest absolute Gasteiger partial charge is 0.461 e. The second kappa shape index (κ2) is 8.65. The lowest BCUT2D eigenvalue weighted by Crippen LogP contribution is -2.22. The number of allylic oxidation sites excluding steroid dienone is 3. The van der Waals surface area contributed by atoms with Crippen LogP contribution >= 0.6 is 0 Å². The first kappa shape index (κ1) is 18.2. The van der Waals surface area contributed by atoms with Crippen LogP contribution in [0.5, 0.6) is 0 Å². The lowest BCUT2D eigenvalue weighted by atomic mass is 9.90. The third-order valence-corrected chi connectivity index (χ3v) is 4.80. The van der Waals surface area contributed by atoms with Crippen molar-refractivity contribution in [2.24, 2.45) is 4.99 Å². The Bertz CT molecular complexity index is 758. The smallest absolute Gasteiger partial charge is 0.310 e. The van der Waals surface area contributed by atoms with Gasteiger partial charge in [-0.2, -0.15) is 5.10 Å². The molecular weight excluding hydrogens is 330 g/mol. The molecule has 1 atom stereocenters. The molecule has 0 saturated heterocycles. The van der Waals surface area contributed by atoms with Crippen LogP contribution in [0, 0.1) is 0 Å². The fourth-order valence-corrected chi connectivity index (χ4v) is 3.42. The molecule has 6 heteroatoms. The second-order valence-electron chi connectivity index (χ2n) is 6.42. The van der Waals surface area contributed by atoms with Crippen LogP contribution in [0.2, 0.25) is 0 Å². The molecule has 138 valence electrons. The highest BCUT2D eigenvalue weighted by Gasteiger charge is 2.24. The topological polar surface area (TPSA) is 65.7 Å². The number of aldehydes is 1. The van der Waals surface area contributed by atoms with Crippen molar-refractivity contribution in [2.75, 3.05) is 13.2 Å². The van der Waals surface area contributed by atoms with Crippen LogP contribution in [0.3, 0.4) is 0 Å². The SMILES string of the molecule is C=C/C=N\C(C=O)=C1\OCC2=C(CCCC2)c2ccnn2C(CC)CO1. The average molecular weight is 355 g/mol. The number of carbonyl (C=O) groups excluding carboxylic acids is 1. The number of rotatable bonds is 4. The lowest BCUT2D eigenvalue weighted by Gasteiger charge is -2.27. The van der Waals surface area contributed by atoms with Gasteiger partial charge in [0.05, 0.1) is 11.7 Å². The van der Waals surface area contributed by atoms with Gasteiger partial charge in [0.1, 0.15) is 13.2 Å². The number of fused-ring (bicyclic) bond motifs is 2. The Kier molecular flexibility index (Phi) is 6.04. The van der Waals surface area contributed by atoms with E-state index in [1.807, 2.05) is 6.20 Å². The summed E-state index contributed by atoms with van der Waals surface area (Å²) in [5, 5.41) is 4.55. The minimum Gasteiger partial charge on any atom is -0.461 e. The number of carbonyl (C=O) groups is 1. The zero-order valence-electron chi connectivity index (χ0n) is 15.2. The molecule has 1 aromatic heterocycles. The quantitative estimate of drug-likeness (QED) is 0.468. The fourth-order valence-electron chi connectivity index (χ4n) is 3.42. The molecule has 0 saturated carbocycles. The van der Waals surface area contributed by atoms with E-state index in [4.69, 9.17) is 9.47 Å². The minimum atomic E-state index is 0.0589. The van der Waals surface area contributed by atoms with E-state index in [1.54, 1.807) is 0 Å². The summed E-state index contributed by atoms with van der Waals surface area (Å²) in [5.41, 5.74) is 3.86. The molecule has 2 aliphatic rings. The summed E-state index contributed by atoms with van der Waals surface area (Å²) in [6.07, 6.45) is 10.6. The first-order chi connectivity index (χ1) is 12.8. The Morgan fingerprint density at radius 3 is 3.04 bits per heavy atom. The van der Waals surface area contributed by atoms with Crippen LogP contribution < -0.4 is 0 Å². The van der Waals surface area contributed by atoms with Crippen LogP contribution in [0.4, 0.5) is 0 Å². The van der Waals surface area contributed by atoms with Crippen LogP contribution in [-0.4, -0.2) is 35.5 Å². The summed E-state index contributed by atoms with van der Waals surface area (Å²) < 4.78 is 13.8. The zero-order chi connectivity index (χ0) is 18.4. The molecule has 1 unspecified atom stereocenters. The Morgan fingerprint density at radius 2 is 2.27 bits per heavy atom. The van der Waals surface area contributed by atoms with Gasteiger partial charge in [-0.25, -0.2) is 4.99 Å². The van der Waals surface area contributed by atoms with Crippen molar-refractivity contribution in [3.05, 3.63) is 47.8 Å². The molecule has 0 fully saturated rings. The Balaban J connectivity index is 2.04.